The van der Waals surface area contributed by atoms with Gasteiger partial charge in [-0.05, 0) is 44.9 Å². The molecule has 0 radical (unpaired) electrons. The molecule has 0 spiro atoms. The Bertz CT molecular complexity index is 824. The average Bonchev–Trinajstić information content (AvgIpc) is 3.30. The number of likely N-dealkylation sites (tertiary alicyclic amines) is 2. The fourth-order valence-electron chi connectivity index (χ4n) is 5.12. The average molecular weight is 441 g/mol. The summed E-state index contributed by atoms with van der Waals surface area (Å²) < 4.78 is 42.1. The molecule has 2 saturated heterocycles. The number of rotatable bonds is 5. The predicted octanol–water partition coefficient (Wildman–Crippen LogP) is 3.12. The van der Waals surface area contributed by atoms with Gasteiger partial charge >= 0.3 is 6.18 Å². The van der Waals surface area contributed by atoms with Crippen molar-refractivity contribution in [3.8, 4) is 0 Å². The van der Waals surface area contributed by atoms with Gasteiger partial charge in [-0.15, -0.1) is 0 Å². The number of nitrogens with one attached hydrogen (secondary N) is 1. The van der Waals surface area contributed by atoms with Crippen molar-refractivity contribution < 1.29 is 22.8 Å². The molecule has 7 nitrogen and oxygen atoms in total. The molecule has 3 aliphatic rings. The quantitative estimate of drug-likeness (QED) is 0.762. The molecule has 2 fully saturated rings. The zero-order chi connectivity index (χ0) is 22.2. The van der Waals surface area contributed by atoms with Crippen LogP contribution in [0.3, 0.4) is 0 Å². The van der Waals surface area contributed by atoms with E-state index in [1.807, 2.05) is 0 Å². The van der Waals surface area contributed by atoms with E-state index < -0.39 is 12.2 Å². The van der Waals surface area contributed by atoms with Gasteiger partial charge in [0, 0.05) is 51.1 Å². The molecule has 4 rings (SSSR count). The normalized spacial score (nSPS) is 26.7. The largest absolute Gasteiger partial charge is 0.410 e. The maximum Gasteiger partial charge on any atom is 0.410 e. The number of alkyl halides is 3. The minimum Gasteiger partial charge on any atom is -0.367 e. The molecule has 0 aromatic carbocycles. The van der Waals surface area contributed by atoms with E-state index in [-0.39, 0.29) is 30.2 Å². The van der Waals surface area contributed by atoms with Gasteiger partial charge in [-0.3, -0.25) is 9.59 Å². The molecule has 1 aromatic rings. The lowest BCUT2D eigenvalue weighted by Crippen LogP contribution is -2.49. The number of anilines is 1. The third kappa shape index (κ3) is 4.82. The maximum absolute atomic E-state index is 13.7. The standard InChI is InChI=1S/C21H30F3N5O2/c1-14-11-18-25-16(12-17(21(22,23)24)29(18)26-14)15-5-2-10-28(13-15)20(31)7-4-9-27-8-3-6-19(27)30/h11,15-17,25H,2-10,12-13H2,1H3/t15?,16-,17+/m0/s1. The third-order valence-electron chi connectivity index (χ3n) is 6.71. The number of carbonyl (C=O) groups excluding carboxylic acids is 2. The molecule has 31 heavy (non-hydrogen) atoms. The van der Waals surface area contributed by atoms with Crippen molar-refractivity contribution in [2.45, 2.75) is 70.1 Å². The summed E-state index contributed by atoms with van der Waals surface area (Å²) in [4.78, 5) is 28.0. The first kappa shape index (κ1) is 22.0. The number of nitrogens with zero attached hydrogens (tertiary/aromatic N) is 4. The second kappa shape index (κ2) is 8.70. The number of amides is 2. The molecule has 10 heteroatoms. The molecule has 0 saturated carbocycles. The Morgan fingerprint density at radius 1 is 1.29 bits per heavy atom. The Balaban J connectivity index is 1.35. The van der Waals surface area contributed by atoms with E-state index in [1.165, 1.54) is 0 Å². The van der Waals surface area contributed by atoms with E-state index in [0.29, 0.717) is 50.4 Å². The van der Waals surface area contributed by atoms with Gasteiger partial charge in [0.2, 0.25) is 11.8 Å². The summed E-state index contributed by atoms with van der Waals surface area (Å²) in [6.07, 6.45) is -0.407. The third-order valence-corrected chi connectivity index (χ3v) is 6.71. The van der Waals surface area contributed by atoms with Crippen LogP contribution >= 0.6 is 0 Å². The summed E-state index contributed by atoms with van der Waals surface area (Å²) >= 11 is 0. The molecular weight excluding hydrogens is 411 g/mol. The van der Waals surface area contributed by atoms with Crippen molar-refractivity contribution in [2.24, 2.45) is 5.92 Å². The molecule has 1 aromatic heterocycles. The summed E-state index contributed by atoms with van der Waals surface area (Å²) in [5, 5.41) is 7.29. The number of carbonyl (C=O) groups is 2. The van der Waals surface area contributed by atoms with Crippen LogP contribution in [0.1, 0.15) is 56.7 Å². The Labute approximate surface area is 179 Å². The second-order valence-corrected chi connectivity index (χ2v) is 8.99. The SMILES string of the molecule is Cc1cc2n(n1)[C@@H](C(F)(F)F)C[C@@H](C1CCCN(C(=O)CCCN3CCCC3=O)C1)N2. The molecule has 1 unspecified atom stereocenters. The zero-order valence-electron chi connectivity index (χ0n) is 17.8. The van der Waals surface area contributed by atoms with E-state index in [1.54, 1.807) is 22.8 Å². The lowest BCUT2D eigenvalue weighted by atomic mass is 9.85. The fraction of sp³-hybridized carbons (Fsp3) is 0.762. The van der Waals surface area contributed by atoms with E-state index in [9.17, 15) is 22.8 Å². The van der Waals surface area contributed by atoms with Crippen LogP contribution in [0.4, 0.5) is 19.0 Å². The van der Waals surface area contributed by atoms with Crippen LogP contribution in [0, 0.1) is 12.8 Å². The van der Waals surface area contributed by atoms with Crippen LogP contribution in [-0.4, -0.2) is 69.8 Å². The smallest absolute Gasteiger partial charge is 0.367 e. The lowest BCUT2D eigenvalue weighted by molar-refractivity contribution is -0.175. The summed E-state index contributed by atoms with van der Waals surface area (Å²) in [5.41, 5.74) is 0.550. The van der Waals surface area contributed by atoms with Gasteiger partial charge in [0.15, 0.2) is 6.04 Å². The first-order valence-electron chi connectivity index (χ1n) is 11.2. The minimum atomic E-state index is -4.37. The minimum absolute atomic E-state index is 0.0282. The molecule has 172 valence electrons. The van der Waals surface area contributed by atoms with Crippen molar-refractivity contribution in [3.05, 3.63) is 11.8 Å². The molecule has 4 heterocycles. The van der Waals surface area contributed by atoms with Gasteiger partial charge in [0.05, 0.1) is 5.69 Å². The molecule has 1 N–H and O–H groups in total. The Morgan fingerprint density at radius 2 is 2.10 bits per heavy atom. The summed E-state index contributed by atoms with van der Waals surface area (Å²) in [7, 11) is 0. The summed E-state index contributed by atoms with van der Waals surface area (Å²) in [6.45, 7) is 4.17. The highest BCUT2D eigenvalue weighted by Gasteiger charge is 2.47. The van der Waals surface area contributed by atoms with Crippen molar-refractivity contribution in [1.29, 1.82) is 0 Å². The summed E-state index contributed by atoms with van der Waals surface area (Å²) in [6, 6.07) is -0.351. The highest BCUT2D eigenvalue weighted by atomic mass is 19.4. The van der Waals surface area contributed by atoms with Crippen molar-refractivity contribution in [2.75, 3.05) is 31.5 Å². The number of hydrogen-bond donors (Lipinski definition) is 1. The van der Waals surface area contributed by atoms with E-state index in [2.05, 4.69) is 10.4 Å². The van der Waals surface area contributed by atoms with Gasteiger partial charge in [-0.25, -0.2) is 4.68 Å². The van der Waals surface area contributed by atoms with Gasteiger partial charge < -0.3 is 15.1 Å². The second-order valence-electron chi connectivity index (χ2n) is 8.99. The Morgan fingerprint density at radius 3 is 2.81 bits per heavy atom. The van der Waals surface area contributed by atoms with Crippen LogP contribution < -0.4 is 5.32 Å². The van der Waals surface area contributed by atoms with Crippen LogP contribution in [0.2, 0.25) is 0 Å². The first-order chi connectivity index (χ1) is 14.7. The van der Waals surface area contributed by atoms with E-state index >= 15 is 0 Å². The lowest BCUT2D eigenvalue weighted by Gasteiger charge is -2.41. The molecule has 0 aliphatic carbocycles. The summed E-state index contributed by atoms with van der Waals surface area (Å²) in [5.74, 6) is 0.546. The van der Waals surface area contributed by atoms with E-state index in [0.717, 1.165) is 30.5 Å². The molecule has 2 amide bonds. The fourth-order valence-corrected chi connectivity index (χ4v) is 5.12. The molecule has 0 bridgehead atoms. The monoisotopic (exact) mass is 441 g/mol. The number of fused-ring (bicyclic) bond motifs is 1. The first-order valence-corrected chi connectivity index (χ1v) is 11.2. The van der Waals surface area contributed by atoms with Crippen LogP contribution in [0.25, 0.3) is 0 Å². The van der Waals surface area contributed by atoms with Crippen molar-refractivity contribution >= 4 is 17.6 Å². The zero-order valence-corrected chi connectivity index (χ0v) is 17.8. The van der Waals surface area contributed by atoms with Gasteiger partial charge in [-0.2, -0.15) is 18.3 Å². The van der Waals surface area contributed by atoms with Gasteiger partial charge in [-0.1, -0.05) is 0 Å². The number of halogens is 3. The molecular formula is C21H30F3N5O2. The van der Waals surface area contributed by atoms with E-state index in [4.69, 9.17) is 0 Å². The number of aryl methyl sites for hydroxylation is 1. The number of aromatic nitrogens is 2. The van der Waals surface area contributed by atoms with Crippen molar-refractivity contribution in [1.82, 2.24) is 19.6 Å². The van der Waals surface area contributed by atoms with Gasteiger partial charge in [0.1, 0.15) is 5.82 Å². The topological polar surface area (TPSA) is 70.5 Å². The van der Waals surface area contributed by atoms with Crippen LogP contribution in [0.5, 0.6) is 0 Å². The number of piperidine rings is 1. The Hall–Kier alpha value is -2.26. The highest BCUT2D eigenvalue weighted by Crippen LogP contribution is 2.42. The van der Waals surface area contributed by atoms with Crippen LogP contribution in [-0.2, 0) is 9.59 Å². The van der Waals surface area contributed by atoms with Crippen LogP contribution in [0.15, 0.2) is 6.07 Å². The highest BCUT2D eigenvalue weighted by molar-refractivity contribution is 5.78. The molecule has 3 atom stereocenters. The maximum atomic E-state index is 13.7. The Kier molecular flexibility index (Phi) is 6.16. The number of hydrogen-bond acceptors (Lipinski definition) is 4. The predicted molar refractivity (Wildman–Crippen MR) is 108 cm³/mol. The van der Waals surface area contributed by atoms with Crippen molar-refractivity contribution in [3.63, 3.8) is 0 Å². The van der Waals surface area contributed by atoms with Gasteiger partial charge in [0.25, 0.3) is 0 Å². The molecule has 3 aliphatic heterocycles.